The van der Waals surface area contributed by atoms with Crippen LogP contribution in [0, 0.1) is 0 Å². The van der Waals surface area contributed by atoms with Crippen molar-refractivity contribution in [2.75, 3.05) is 0 Å². The minimum Gasteiger partial charge on any atom is -0.337 e. The number of benzene rings is 2. The first-order chi connectivity index (χ1) is 10.8. The van der Waals surface area contributed by atoms with Gasteiger partial charge in [-0.2, -0.15) is 0 Å². The minimum atomic E-state index is 0.520. The molecule has 0 amide bonds. The molecule has 0 saturated heterocycles. The maximum absolute atomic E-state index is 6.24. The lowest BCUT2D eigenvalue weighted by Gasteiger charge is -2.20. The van der Waals surface area contributed by atoms with E-state index >= 15 is 0 Å². The predicted octanol–water partition coefficient (Wildman–Crippen LogP) is 4.59. The summed E-state index contributed by atoms with van der Waals surface area (Å²) < 4.78 is 0. The fourth-order valence-corrected chi connectivity index (χ4v) is 5.13. The van der Waals surface area contributed by atoms with E-state index in [2.05, 4.69) is 41.7 Å². The number of hydrogen-bond donors (Lipinski definition) is 1. The minimum absolute atomic E-state index is 0.520. The van der Waals surface area contributed by atoms with Crippen LogP contribution in [0.15, 0.2) is 52.3 Å². The first kappa shape index (κ1) is 14.6. The van der Waals surface area contributed by atoms with Gasteiger partial charge in [-0.1, -0.05) is 41.6 Å². The number of rotatable bonds is 2. The van der Waals surface area contributed by atoms with Gasteiger partial charge in [-0.15, -0.1) is 0 Å². The number of hydrogen-bond acceptors (Lipinski definition) is 1. The van der Waals surface area contributed by atoms with Crippen LogP contribution >= 0.6 is 23.4 Å². The average Bonchev–Trinajstić information content (AvgIpc) is 2.97. The molecule has 1 heterocycles. The van der Waals surface area contributed by atoms with Gasteiger partial charge in [0.05, 0.1) is 6.04 Å². The Morgan fingerprint density at radius 3 is 2.68 bits per heavy atom. The Bertz CT molecular complexity index is 679. The Kier molecular flexibility index (Phi) is 4.17. The largest absolute Gasteiger partial charge is 0.337 e. The molecule has 2 aromatic carbocycles. The van der Waals surface area contributed by atoms with Crippen LogP contribution in [0.4, 0.5) is 0 Å². The molecule has 1 nitrogen and oxygen atoms in total. The van der Waals surface area contributed by atoms with Gasteiger partial charge in [0.1, 0.15) is 6.04 Å². The molecule has 1 aliphatic carbocycles. The molecule has 22 heavy (non-hydrogen) atoms. The number of halogens is 1. The van der Waals surface area contributed by atoms with E-state index in [1.54, 1.807) is 0 Å². The molecule has 0 aromatic heterocycles. The summed E-state index contributed by atoms with van der Waals surface area (Å²) in [5, 5.41) is 3.48. The zero-order valence-corrected chi connectivity index (χ0v) is 14.2. The molecule has 1 saturated carbocycles. The Hall–Kier alpha value is -0.960. The molecular formula is C19H21ClNS+. The molecule has 0 radical (unpaired) electrons. The molecule has 2 N–H and O–H groups in total. The highest BCUT2D eigenvalue weighted by molar-refractivity contribution is 7.99. The molecule has 3 heteroatoms. The summed E-state index contributed by atoms with van der Waals surface area (Å²) in [7, 11) is 0. The zero-order valence-electron chi connectivity index (χ0n) is 12.6. The van der Waals surface area contributed by atoms with Crippen molar-refractivity contribution in [1.82, 2.24) is 0 Å². The Labute approximate surface area is 141 Å². The van der Waals surface area contributed by atoms with Crippen molar-refractivity contribution in [2.45, 2.75) is 54.0 Å². The maximum Gasteiger partial charge on any atom is 0.117 e. The van der Waals surface area contributed by atoms with Crippen molar-refractivity contribution in [3.05, 3.63) is 58.6 Å². The molecule has 0 unspecified atom stereocenters. The third-order valence-electron chi connectivity index (χ3n) is 4.91. The highest BCUT2D eigenvalue weighted by atomic mass is 35.5. The van der Waals surface area contributed by atoms with Crippen molar-refractivity contribution in [1.29, 1.82) is 0 Å². The molecule has 114 valence electrons. The third kappa shape index (κ3) is 2.92. The first-order valence-corrected chi connectivity index (χ1v) is 9.39. The summed E-state index contributed by atoms with van der Waals surface area (Å²) in [5.74, 6) is 0. The summed E-state index contributed by atoms with van der Waals surface area (Å²) in [5.41, 5.74) is 2.89. The normalized spacial score (nSPS) is 21.2. The van der Waals surface area contributed by atoms with E-state index in [9.17, 15) is 0 Å². The van der Waals surface area contributed by atoms with Gasteiger partial charge >= 0.3 is 0 Å². The van der Waals surface area contributed by atoms with Crippen LogP contribution in [0.2, 0.25) is 5.02 Å². The second-order valence-electron chi connectivity index (χ2n) is 6.44. The van der Waals surface area contributed by atoms with E-state index in [1.807, 2.05) is 17.8 Å². The quantitative estimate of drug-likeness (QED) is 0.851. The molecule has 1 atom stereocenters. The summed E-state index contributed by atoms with van der Waals surface area (Å²) in [6.45, 7) is 0. The lowest BCUT2D eigenvalue weighted by Crippen LogP contribution is -2.90. The number of fused-ring (bicyclic) bond motifs is 2. The molecule has 1 aliphatic heterocycles. The van der Waals surface area contributed by atoms with Crippen molar-refractivity contribution >= 4 is 23.4 Å². The lowest BCUT2D eigenvalue weighted by molar-refractivity contribution is -0.727. The van der Waals surface area contributed by atoms with Gasteiger partial charge < -0.3 is 5.32 Å². The molecule has 0 bridgehead atoms. The van der Waals surface area contributed by atoms with E-state index in [-0.39, 0.29) is 0 Å². The smallest absolute Gasteiger partial charge is 0.117 e. The SMILES string of the molecule is Clc1ccc2c(c1)C[C@H]([NH2+]C1CCCC1)c1ccccc1S2. The van der Waals surface area contributed by atoms with Gasteiger partial charge in [0.2, 0.25) is 0 Å². The van der Waals surface area contributed by atoms with Gasteiger partial charge in [0, 0.05) is 26.8 Å². The Morgan fingerprint density at radius 2 is 1.82 bits per heavy atom. The van der Waals surface area contributed by atoms with Gasteiger partial charge in [-0.3, -0.25) is 0 Å². The van der Waals surface area contributed by atoms with E-state index in [1.165, 1.54) is 46.6 Å². The van der Waals surface area contributed by atoms with Crippen molar-refractivity contribution in [3.8, 4) is 0 Å². The zero-order chi connectivity index (χ0) is 14.9. The van der Waals surface area contributed by atoms with Gasteiger partial charge in [-0.05, 0) is 55.5 Å². The Balaban J connectivity index is 1.72. The van der Waals surface area contributed by atoms with Gasteiger partial charge in [0.15, 0.2) is 0 Å². The average molecular weight is 331 g/mol. The van der Waals surface area contributed by atoms with Crippen molar-refractivity contribution in [3.63, 3.8) is 0 Å². The van der Waals surface area contributed by atoms with Crippen LogP contribution in [0.5, 0.6) is 0 Å². The molecule has 2 aliphatic rings. The topological polar surface area (TPSA) is 16.6 Å². The third-order valence-corrected chi connectivity index (χ3v) is 6.35. The highest BCUT2D eigenvalue weighted by Gasteiger charge is 2.29. The monoisotopic (exact) mass is 330 g/mol. The van der Waals surface area contributed by atoms with E-state index < -0.39 is 0 Å². The first-order valence-electron chi connectivity index (χ1n) is 8.20. The lowest BCUT2D eigenvalue weighted by atomic mass is 9.97. The van der Waals surface area contributed by atoms with Crippen molar-refractivity contribution in [2.24, 2.45) is 0 Å². The fraction of sp³-hybridized carbons (Fsp3) is 0.368. The molecule has 2 aromatic rings. The standard InChI is InChI=1S/C19H20ClNS/c20-14-9-10-18-13(11-14)12-17(21-15-5-1-2-6-15)16-7-3-4-8-19(16)22-18/h3-4,7-11,15,17,21H,1-2,5-6,12H2/p+1/t17-/m0/s1. The van der Waals surface area contributed by atoms with E-state index in [4.69, 9.17) is 11.6 Å². The Morgan fingerprint density at radius 1 is 1.00 bits per heavy atom. The maximum atomic E-state index is 6.24. The fourth-order valence-electron chi connectivity index (χ4n) is 3.80. The van der Waals surface area contributed by atoms with E-state index in [0.29, 0.717) is 6.04 Å². The van der Waals surface area contributed by atoms with Crippen LogP contribution < -0.4 is 5.32 Å². The second-order valence-corrected chi connectivity index (χ2v) is 7.96. The highest BCUT2D eigenvalue weighted by Crippen LogP contribution is 2.40. The van der Waals surface area contributed by atoms with Crippen LogP contribution in [0.1, 0.15) is 42.9 Å². The molecule has 1 fully saturated rings. The summed E-state index contributed by atoms with van der Waals surface area (Å²) >= 11 is 8.13. The summed E-state index contributed by atoms with van der Waals surface area (Å²) in [6, 6.07) is 16.6. The van der Waals surface area contributed by atoms with Gasteiger partial charge in [0.25, 0.3) is 0 Å². The van der Waals surface area contributed by atoms with Crippen LogP contribution in [-0.4, -0.2) is 6.04 Å². The van der Waals surface area contributed by atoms with Crippen LogP contribution in [0.25, 0.3) is 0 Å². The van der Waals surface area contributed by atoms with Crippen molar-refractivity contribution < 1.29 is 5.32 Å². The van der Waals surface area contributed by atoms with E-state index in [0.717, 1.165) is 17.5 Å². The molecule has 4 rings (SSSR count). The number of nitrogens with two attached hydrogens (primary N) is 1. The summed E-state index contributed by atoms with van der Waals surface area (Å²) in [6.07, 6.45) is 6.61. The van der Waals surface area contributed by atoms with Gasteiger partial charge in [-0.25, -0.2) is 0 Å². The predicted molar refractivity (Wildman–Crippen MR) is 92.6 cm³/mol. The van der Waals surface area contributed by atoms with Crippen LogP contribution in [-0.2, 0) is 6.42 Å². The molecule has 0 spiro atoms. The molecular weight excluding hydrogens is 310 g/mol. The summed E-state index contributed by atoms with van der Waals surface area (Å²) in [4.78, 5) is 2.77. The van der Waals surface area contributed by atoms with Crippen LogP contribution in [0.3, 0.4) is 0 Å². The second kappa shape index (κ2) is 6.27. The number of quaternary nitrogens is 1.